The Balaban J connectivity index is 1.57. The molecule has 1 aromatic heterocycles. The van der Waals surface area contributed by atoms with Crippen molar-refractivity contribution >= 4 is 56.8 Å². The summed E-state index contributed by atoms with van der Waals surface area (Å²) in [4.78, 5) is 44.6. The predicted molar refractivity (Wildman–Crippen MR) is 167 cm³/mol. The average molecular weight is 642 g/mol. The lowest BCUT2D eigenvalue weighted by Gasteiger charge is -2.29. The molecular weight excluding hydrogens is 603 g/mol. The van der Waals surface area contributed by atoms with Crippen LogP contribution >= 0.6 is 34.5 Å². The van der Waals surface area contributed by atoms with Gasteiger partial charge in [-0.3, -0.25) is 9.59 Å². The van der Waals surface area contributed by atoms with Gasteiger partial charge >= 0.3 is 11.0 Å². The molecule has 0 bridgehead atoms. The number of carbonyl (C=O) groups excluding carboxylic acids is 1. The number of halogens is 2. The molecular formula is C29H38Cl2N4O6S. The van der Waals surface area contributed by atoms with Crippen LogP contribution in [0.2, 0.25) is 10.0 Å². The third-order valence-corrected chi connectivity index (χ3v) is 8.82. The van der Waals surface area contributed by atoms with E-state index in [0.717, 1.165) is 35.6 Å². The molecule has 230 valence electrons. The number of rotatable bonds is 17. The Hall–Kier alpha value is -2.83. The molecule has 0 unspecified atom stereocenters. The van der Waals surface area contributed by atoms with Crippen molar-refractivity contribution < 1.29 is 24.5 Å². The summed E-state index contributed by atoms with van der Waals surface area (Å²) in [6.45, 7) is 8.09. The van der Waals surface area contributed by atoms with E-state index in [4.69, 9.17) is 27.9 Å². The van der Waals surface area contributed by atoms with Crippen molar-refractivity contribution in [3.8, 4) is 5.75 Å². The highest BCUT2D eigenvalue weighted by Gasteiger charge is 2.19. The average Bonchev–Trinajstić information content (AvgIpc) is 3.36. The third-order valence-electron chi connectivity index (χ3n) is 7.15. The van der Waals surface area contributed by atoms with Gasteiger partial charge in [-0.1, -0.05) is 60.5 Å². The van der Waals surface area contributed by atoms with Gasteiger partial charge in [-0.25, -0.2) is 4.79 Å². The number of H-pyrrole nitrogens is 1. The standard InChI is InChI=1S/C29H38Cl2N4O6S/c1-3-33(4-2)14-15-34(25(37)12-19-41-18-11-21-22(30)6-5-7-23(21)31)16-17-35(29(39)40)13-10-20-8-9-24(36)26-27(20)42-28(38)32-26/h5-9,36H,3-4,10-19H2,1-2H3,(H,32,38)(H,39,40). The number of ether oxygens (including phenoxy) is 1. The molecule has 3 rings (SSSR count). The SMILES string of the molecule is CCN(CC)CCN(CCN(CCc1ccc(O)c2[nH]c(=O)sc12)C(=O)O)C(=O)CCOCCc1c(Cl)cccc1Cl. The van der Waals surface area contributed by atoms with E-state index in [-0.39, 0.29) is 49.2 Å². The van der Waals surface area contributed by atoms with Crippen LogP contribution in [0.4, 0.5) is 4.79 Å². The fourth-order valence-electron chi connectivity index (χ4n) is 4.60. The predicted octanol–water partition coefficient (Wildman–Crippen LogP) is 4.94. The maximum atomic E-state index is 13.2. The highest BCUT2D eigenvalue weighted by molar-refractivity contribution is 7.16. The van der Waals surface area contributed by atoms with Gasteiger partial charge in [-0.05, 0) is 55.3 Å². The first-order valence-corrected chi connectivity index (χ1v) is 15.5. The fraction of sp³-hybridized carbons (Fsp3) is 0.483. The zero-order valence-electron chi connectivity index (χ0n) is 23.9. The quantitative estimate of drug-likeness (QED) is 0.178. The number of phenolic OH excluding ortho intramolecular Hbond substituents is 1. The number of likely N-dealkylation sites (N-methyl/N-ethyl adjacent to an activating group) is 1. The van der Waals surface area contributed by atoms with Crippen LogP contribution in [0, 0.1) is 0 Å². The highest BCUT2D eigenvalue weighted by Crippen LogP contribution is 2.28. The molecule has 1 heterocycles. The van der Waals surface area contributed by atoms with Crippen molar-refractivity contribution in [1.29, 1.82) is 0 Å². The van der Waals surface area contributed by atoms with Crippen LogP contribution in [-0.2, 0) is 22.4 Å². The summed E-state index contributed by atoms with van der Waals surface area (Å²) in [5.74, 6) is -0.137. The van der Waals surface area contributed by atoms with Crippen molar-refractivity contribution in [2.24, 2.45) is 0 Å². The van der Waals surface area contributed by atoms with E-state index in [1.165, 1.54) is 11.0 Å². The Morgan fingerprint density at radius 3 is 2.26 bits per heavy atom. The molecule has 42 heavy (non-hydrogen) atoms. The van der Waals surface area contributed by atoms with Gasteiger partial charge in [-0.2, -0.15) is 0 Å². The molecule has 13 heteroatoms. The van der Waals surface area contributed by atoms with Gasteiger partial charge in [0.1, 0.15) is 11.3 Å². The number of amides is 2. The molecule has 0 aliphatic carbocycles. The van der Waals surface area contributed by atoms with Crippen LogP contribution < -0.4 is 4.87 Å². The first kappa shape index (κ1) is 33.7. The summed E-state index contributed by atoms with van der Waals surface area (Å²) >= 11 is 13.4. The van der Waals surface area contributed by atoms with Crippen LogP contribution in [0.15, 0.2) is 35.1 Å². The Bertz CT molecular complexity index is 1370. The Morgan fingerprint density at radius 1 is 0.929 bits per heavy atom. The number of benzene rings is 2. The van der Waals surface area contributed by atoms with Gasteiger partial charge in [0.05, 0.1) is 24.3 Å². The van der Waals surface area contributed by atoms with Crippen LogP contribution in [0.5, 0.6) is 5.75 Å². The minimum Gasteiger partial charge on any atom is -0.506 e. The van der Waals surface area contributed by atoms with Gasteiger partial charge in [0.25, 0.3) is 0 Å². The topological polar surface area (TPSA) is 126 Å². The number of phenols is 1. The number of aromatic amines is 1. The van der Waals surface area contributed by atoms with Crippen LogP contribution in [0.1, 0.15) is 31.4 Å². The molecule has 0 saturated heterocycles. The van der Waals surface area contributed by atoms with Gasteiger partial charge in [0, 0.05) is 42.8 Å². The number of hydrogen-bond donors (Lipinski definition) is 3. The first-order chi connectivity index (χ1) is 20.1. The molecule has 0 atom stereocenters. The number of aromatic hydroxyl groups is 1. The zero-order valence-corrected chi connectivity index (χ0v) is 26.2. The van der Waals surface area contributed by atoms with Crippen molar-refractivity contribution in [3.05, 3.63) is 61.2 Å². The molecule has 2 aromatic carbocycles. The van der Waals surface area contributed by atoms with Gasteiger partial charge in [0.2, 0.25) is 5.91 Å². The van der Waals surface area contributed by atoms with E-state index in [2.05, 4.69) is 23.7 Å². The Labute approximate surface area is 259 Å². The number of aromatic nitrogens is 1. The number of fused-ring (bicyclic) bond motifs is 1. The first-order valence-electron chi connectivity index (χ1n) is 14.0. The van der Waals surface area contributed by atoms with E-state index >= 15 is 0 Å². The monoisotopic (exact) mass is 640 g/mol. The smallest absolute Gasteiger partial charge is 0.407 e. The summed E-state index contributed by atoms with van der Waals surface area (Å²) in [6.07, 6.45) is -0.0450. The van der Waals surface area contributed by atoms with Crippen molar-refractivity contribution in [3.63, 3.8) is 0 Å². The maximum Gasteiger partial charge on any atom is 0.407 e. The molecule has 0 fully saturated rings. The second kappa shape index (κ2) is 16.7. The molecule has 10 nitrogen and oxygen atoms in total. The molecule has 2 amide bonds. The highest BCUT2D eigenvalue weighted by atomic mass is 35.5. The summed E-state index contributed by atoms with van der Waals surface area (Å²) in [5.41, 5.74) is 1.93. The van der Waals surface area contributed by atoms with E-state index < -0.39 is 6.09 Å². The lowest BCUT2D eigenvalue weighted by molar-refractivity contribution is -0.132. The van der Waals surface area contributed by atoms with E-state index in [0.29, 0.717) is 52.8 Å². The molecule has 0 spiro atoms. The van der Waals surface area contributed by atoms with E-state index in [1.807, 2.05) is 0 Å². The molecule has 0 aliphatic heterocycles. The molecule has 0 aliphatic rings. The minimum absolute atomic E-state index is 0.0267. The number of nitrogens with one attached hydrogen (secondary N) is 1. The number of carbonyl (C=O) groups is 2. The largest absolute Gasteiger partial charge is 0.506 e. The number of nitrogens with zero attached hydrogens (tertiary/aromatic N) is 3. The van der Waals surface area contributed by atoms with E-state index in [9.17, 15) is 24.6 Å². The second-order valence-corrected chi connectivity index (χ2v) is 11.5. The summed E-state index contributed by atoms with van der Waals surface area (Å²) in [5, 5.41) is 21.1. The number of thiazole rings is 1. The molecule has 0 saturated carbocycles. The van der Waals surface area contributed by atoms with Crippen LogP contribution in [0.3, 0.4) is 0 Å². The van der Waals surface area contributed by atoms with Gasteiger partial charge < -0.3 is 34.6 Å². The normalized spacial score (nSPS) is 11.4. The lowest BCUT2D eigenvalue weighted by Crippen LogP contribution is -2.44. The molecule has 0 radical (unpaired) electrons. The summed E-state index contributed by atoms with van der Waals surface area (Å²) in [7, 11) is 0. The zero-order chi connectivity index (χ0) is 30.6. The summed E-state index contributed by atoms with van der Waals surface area (Å²) < 4.78 is 6.32. The van der Waals surface area contributed by atoms with Crippen molar-refractivity contribution in [2.45, 2.75) is 33.1 Å². The fourth-order valence-corrected chi connectivity index (χ4v) is 6.08. The van der Waals surface area contributed by atoms with Crippen LogP contribution in [0.25, 0.3) is 10.2 Å². The third kappa shape index (κ3) is 9.60. The lowest BCUT2D eigenvalue weighted by atomic mass is 10.1. The number of hydrogen-bond acceptors (Lipinski definition) is 7. The molecule has 3 aromatic rings. The second-order valence-electron chi connectivity index (χ2n) is 9.70. The minimum atomic E-state index is -1.09. The van der Waals surface area contributed by atoms with Crippen molar-refractivity contribution in [2.75, 3.05) is 59.0 Å². The van der Waals surface area contributed by atoms with Crippen LogP contribution in [-0.4, -0.2) is 101 Å². The van der Waals surface area contributed by atoms with Gasteiger partial charge in [0.15, 0.2) is 0 Å². The number of carboxylic acid groups (broad SMARTS) is 1. The molecule has 3 N–H and O–H groups in total. The van der Waals surface area contributed by atoms with Crippen molar-refractivity contribution in [1.82, 2.24) is 19.7 Å². The summed E-state index contributed by atoms with van der Waals surface area (Å²) in [6, 6.07) is 8.51. The Morgan fingerprint density at radius 2 is 1.60 bits per heavy atom. The maximum absolute atomic E-state index is 13.2. The van der Waals surface area contributed by atoms with Gasteiger partial charge in [-0.15, -0.1) is 0 Å². The Kier molecular flexibility index (Phi) is 13.4. The van der Waals surface area contributed by atoms with E-state index in [1.54, 1.807) is 29.2 Å².